The van der Waals surface area contributed by atoms with Crippen LogP contribution in [-0.2, 0) is 21.7 Å². The van der Waals surface area contributed by atoms with Crippen LogP contribution < -0.4 is 10.1 Å². The van der Waals surface area contributed by atoms with Gasteiger partial charge in [0.2, 0.25) is 5.91 Å². The number of hydrogen-bond acceptors (Lipinski definition) is 4. The van der Waals surface area contributed by atoms with Gasteiger partial charge in [0.25, 0.3) is 5.91 Å². The fraction of sp³-hybridized carbons (Fsp3) is 0.286. The summed E-state index contributed by atoms with van der Waals surface area (Å²) in [7, 11) is 3.04. The molecule has 1 atom stereocenters. The van der Waals surface area contributed by atoms with Crippen LogP contribution >= 0.6 is 0 Å². The number of carbonyl (C=O) groups excluding carboxylic acids is 3. The van der Waals surface area contributed by atoms with Crippen molar-refractivity contribution in [2.45, 2.75) is 19.0 Å². The fourth-order valence-corrected chi connectivity index (χ4v) is 3.34. The second-order valence-corrected chi connectivity index (χ2v) is 7.13. The highest BCUT2D eigenvalue weighted by molar-refractivity contribution is 6.09. The Morgan fingerprint density at radius 3 is 2.60 bits per heavy atom. The van der Waals surface area contributed by atoms with E-state index in [4.69, 9.17) is 4.74 Å². The largest absolute Gasteiger partial charge is 0.496 e. The van der Waals surface area contributed by atoms with Gasteiger partial charge in [-0.25, -0.2) is 13.6 Å². The van der Waals surface area contributed by atoms with Gasteiger partial charge in [0.1, 0.15) is 29.5 Å². The molecule has 0 bridgehead atoms. The van der Waals surface area contributed by atoms with Crippen LogP contribution in [0.1, 0.15) is 18.1 Å². The van der Waals surface area contributed by atoms with Gasteiger partial charge in [0.15, 0.2) is 0 Å². The molecule has 1 saturated heterocycles. The predicted octanol–water partition coefficient (Wildman–Crippen LogP) is 2.40. The quantitative estimate of drug-likeness (QED) is 0.733. The molecule has 3 rings (SSSR count). The number of benzene rings is 2. The summed E-state index contributed by atoms with van der Waals surface area (Å²) in [4.78, 5) is 39.9. The van der Waals surface area contributed by atoms with E-state index in [9.17, 15) is 23.2 Å². The Balaban J connectivity index is 1.76. The Morgan fingerprint density at radius 1 is 1.20 bits per heavy atom. The van der Waals surface area contributed by atoms with Crippen molar-refractivity contribution in [3.8, 4) is 5.75 Å². The number of imide groups is 1. The highest BCUT2D eigenvalue weighted by Crippen LogP contribution is 2.31. The van der Waals surface area contributed by atoms with Gasteiger partial charge < -0.3 is 15.0 Å². The summed E-state index contributed by atoms with van der Waals surface area (Å²) < 4.78 is 33.1. The predicted molar refractivity (Wildman–Crippen MR) is 103 cm³/mol. The van der Waals surface area contributed by atoms with E-state index in [0.717, 1.165) is 23.8 Å². The van der Waals surface area contributed by atoms with E-state index in [1.165, 1.54) is 26.0 Å². The summed E-state index contributed by atoms with van der Waals surface area (Å²) >= 11 is 0. The molecular weight excluding hydrogens is 396 g/mol. The summed E-state index contributed by atoms with van der Waals surface area (Å²) in [6.45, 7) is 0.930. The number of urea groups is 1. The van der Waals surface area contributed by atoms with Gasteiger partial charge in [-0.1, -0.05) is 18.2 Å². The minimum Gasteiger partial charge on any atom is -0.496 e. The van der Waals surface area contributed by atoms with Crippen molar-refractivity contribution in [1.82, 2.24) is 15.1 Å². The van der Waals surface area contributed by atoms with E-state index in [0.29, 0.717) is 10.6 Å². The number of carbonyl (C=O) groups is 3. The molecule has 0 aromatic heterocycles. The molecule has 2 aromatic rings. The number of likely N-dealkylation sites (N-methyl/N-ethyl adjacent to an activating group) is 1. The zero-order valence-electron chi connectivity index (χ0n) is 16.7. The number of rotatable bonds is 6. The average molecular weight is 417 g/mol. The molecule has 1 heterocycles. The Kier molecular flexibility index (Phi) is 5.73. The molecule has 0 spiro atoms. The number of ether oxygens (including phenoxy) is 1. The minimum atomic E-state index is -1.81. The van der Waals surface area contributed by atoms with Crippen LogP contribution in [-0.4, -0.2) is 48.3 Å². The van der Waals surface area contributed by atoms with Crippen LogP contribution in [0.2, 0.25) is 0 Å². The summed E-state index contributed by atoms with van der Waals surface area (Å²) in [6.07, 6.45) is 0. The SMILES string of the molecule is COc1ccccc1CN(C)C(=O)CN1C(=O)N[C@@](C)(c2cc(F)ccc2F)C1=O. The molecule has 158 valence electrons. The van der Waals surface area contributed by atoms with E-state index < -0.39 is 41.6 Å². The maximum absolute atomic E-state index is 14.2. The first-order valence-electron chi connectivity index (χ1n) is 9.13. The van der Waals surface area contributed by atoms with Gasteiger partial charge >= 0.3 is 6.03 Å². The normalized spacial score (nSPS) is 18.4. The second-order valence-electron chi connectivity index (χ2n) is 7.13. The third-order valence-electron chi connectivity index (χ3n) is 5.06. The average Bonchev–Trinajstić information content (AvgIpc) is 2.93. The van der Waals surface area contributed by atoms with Crippen LogP contribution in [0.15, 0.2) is 42.5 Å². The topological polar surface area (TPSA) is 79.0 Å². The lowest BCUT2D eigenvalue weighted by Gasteiger charge is -2.24. The van der Waals surface area contributed by atoms with E-state index in [2.05, 4.69) is 5.32 Å². The van der Waals surface area contributed by atoms with Crippen LogP contribution in [0.3, 0.4) is 0 Å². The van der Waals surface area contributed by atoms with Crippen LogP contribution in [0.5, 0.6) is 5.75 Å². The summed E-state index contributed by atoms with van der Waals surface area (Å²) in [5.41, 5.74) is -1.37. The van der Waals surface area contributed by atoms with Gasteiger partial charge in [-0.3, -0.25) is 14.5 Å². The second kappa shape index (κ2) is 8.10. The van der Waals surface area contributed by atoms with Crippen molar-refractivity contribution >= 4 is 17.8 Å². The number of nitrogens with zero attached hydrogens (tertiary/aromatic N) is 2. The molecule has 4 amide bonds. The lowest BCUT2D eigenvalue weighted by atomic mass is 9.91. The van der Waals surface area contributed by atoms with E-state index in [-0.39, 0.29) is 12.1 Å². The van der Waals surface area contributed by atoms with Crippen molar-refractivity contribution in [2.24, 2.45) is 0 Å². The van der Waals surface area contributed by atoms with Gasteiger partial charge in [-0.05, 0) is 31.2 Å². The molecule has 0 radical (unpaired) electrons. The number of methoxy groups -OCH3 is 1. The molecule has 1 fully saturated rings. The number of para-hydroxylation sites is 1. The van der Waals surface area contributed by atoms with Crippen molar-refractivity contribution < 1.29 is 27.9 Å². The van der Waals surface area contributed by atoms with Gasteiger partial charge in [-0.15, -0.1) is 0 Å². The van der Waals surface area contributed by atoms with E-state index in [1.54, 1.807) is 24.3 Å². The van der Waals surface area contributed by atoms with Crippen molar-refractivity contribution in [2.75, 3.05) is 20.7 Å². The Morgan fingerprint density at radius 2 is 1.90 bits per heavy atom. The number of nitrogens with one attached hydrogen (secondary N) is 1. The Labute approximate surface area is 172 Å². The number of amides is 4. The highest BCUT2D eigenvalue weighted by Gasteiger charge is 2.51. The fourth-order valence-electron chi connectivity index (χ4n) is 3.34. The minimum absolute atomic E-state index is 0.197. The first kappa shape index (κ1) is 21.2. The lowest BCUT2D eigenvalue weighted by Crippen LogP contribution is -2.44. The first-order chi connectivity index (χ1) is 14.2. The van der Waals surface area contributed by atoms with Crippen LogP contribution in [0, 0.1) is 11.6 Å². The van der Waals surface area contributed by atoms with Gasteiger partial charge in [0.05, 0.1) is 7.11 Å². The van der Waals surface area contributed by atoms with Crippen LogP contribution in [0.4, 0.5) is 13.6 Å². The maximum atomic E-state index is 14.2. The Bertz CT molecular complexity index is 1010. The van der Waals surface area contributed by atoms with Crippen molar-refractivity contribution in [3.05, 3.63) is 65.2 Å². The molecule has 1 N–H and O–H groups in total. The Hall–Kier alpha value is -3.49. The molecule has 1 aliphatic rings. The molecule has 7 nitrogen and oxygen atoms in total. The van der Waals surface area contributed by atoms with Crippen molar-refractivity contribution in [3.63, 3.8) is 0 Å². The summed E-state index contributed by atoms with van der Waals surface area (Å²) in [6, 6.07) is 8.93. The molecule has 30 heavy (non-hydrogen) atoms. The standard InChI is InChI=1S/C21H21F2N3O4/c1-21(15-10-14(22)8-9-16(15)23)19(28)26(20(29)24-21)12-18(27)25(2)11-13-6-4-5-7-17(13)30-3/h4-10H,11-12H2,1-3H3,(H,24,29)/t21-/m0/s1. The summed E-state index contributed by atoms with van der Waals surface area (Å²) in [5.74, 6) is -2.33. The summed E-state index contributed by atoms with van der Waals surface area (Å²) in [5, 5.41) is 2.37. The molecule has 1 aliphatic heterocycles. The zero-order chi connectivity index (χ0) is 22.1. The van der Waals surface area contributed by atoms with E-state index >= 15 is 0 Å². The molecule has 9 heteroatoms. The van der Waals surface area contributed by atoms with Crippen LogP contribution in [0.25, 0.3) is 0 Å². The molecule has 0 saturated carbocycles. The third kappa shape index (κ3) is 3.83. The van der Waals surface area contributed by atoms with Gasteiger partial charge in [-0.2, -0.15) is 0 Å². The van der Waals surface area contributed by atoms with Gasteiger partial charge in [0, 0.05) is 24.7 Å². The monoisotopic (exact) mass is 417 g/mol. The first-order valence-corrected chi connectivity index (χ1v) is 9.13. The van der Waals surface area contributed by atoms with Crippen molar-refractivity contribution in [1.29, 1.82) is 0 Å². The zero-order valence-corrected chi connectivity index (χ0v) is 16.7. The molecular formula is C21H21F2N3O4. The number of halogens is 2. The lowest BCUT2D eigenvalue weighted by molar-refractivity contribution is -0.138. The molecule has 2 aromatic carbocycles. The molecule has 0 unspecified atom stereocenters. The maximum Gasteiger partial charge on any atom is 0.325 e. The highest BCUT2D eigenvalue weighted by atomic mass is 19.1. The third-order valence-corrected chi connectivity index (χ3v) is 5.06. The molecule has 0 aliphatic carbocycles. The number of hydrogen-bond donors (Lipinski definition) is 1. The smallest absolute Gasteiger partial charge is 0.325 e. The van der Waals surface area contributed by atoms with E-state index in [1.807, 2.05) is 0 Å².